The molecule has 0 fully saturated rings. The van der Waals surface area contributed by atoms with Crippen molar-refractivity contribution >= 4 is 46.4 Å². The number of nitrogens with one attached hydrogen (secondary N) is 2. The molecule has 0 saturated carbocycles. The number of carbonyl (C=O) groups excluding carboxylic acids is 1. The predicted molar refractivity (Wildman–Crippen MR) is 155 cm³/mol. The number of anilines is 1. The highest BCUT2D eigenvalue weighted by Crippen LogP contribution is 2.25. The summed E-state index contributed by atoms with van der Waals surface area (Å²) in [6.45, 7) is 0.473. The van der Waals surface area contributed by atoms with Crippen molar-refractivity contribution in [1.82, 2.24) is 20.2 Å². The van der Waals surface area contributed by atoms with E-state index in [-0.39, 0.29) is 11.7 Å². The van der Waals surface area contributed by atoms with E-state index in [9.17, 15) is 4.79 Å². The van der Waals surface area contributed by atoms with Gasteiger partial charge < -0.3 is 5.32 Å². The molecule has 1 aromatic heterocycles. The molecule has 7 nitrogen and oxygen atoms in total. The molecule has 1 heterocycles. The highest BCUT2D eigenvalue weighted by molar-refractivity contribution is 7.99. The van der Waals surface area contributed by atoms with E-state index in [4.69, 9.17) is 0 Å². The van der Waals surface area contributed by atoms with Crippen LogP contribution in [-0.2, 0) is 11.3 Å². The number of carbonyl (C=O) groups is 1. The molecule has 0 saturated heterocycles. The lowest BCUT2D eigenvalue weighted by atomic mass is 10.1. The fourth-order valence-corrected chi connectivity index (χ4v) is 4.69. The van der Waals surface area contributed by atoms with Crippen LogP contribution in [0.1, 0.15) is 11.4 Å². The normalized spacial score (nSPS) is 11.4. The third-order valence-corrected chi connectivity index (χ3v) is 6.64. The van der Waals surface area contributed by atoms with Gasteiger partial charge >= 0.3 is 0 Å². The van der Waals surface area contributed by atoms with Gasteiger partial charge in [0.2, 0.25) is 0 Å². The SMILES string of the molecule is O=C(CSc1nnc(CNc2cccc3ccccc23)n1-c1ccccc1)N/N=C/C=C/c1ccccc1. The van der Waals surface area contributed by atoms with E-state index in [2.05, 4.69) is 50.3 Å². The quantitative estimate of drug-likeness (QED) is 0.136. The zero-order valence-electron chi connectivity index (χ0n) is 20.6. The van der Waals surface area contributed by atoms with Crippen LogP contribution in [-0.4, -0.2) is 32.6 Å². The summed E-state index contributed by atoms with van der Waals surface area (Å²) in [4.78, 5) is 12.4. The van der Waals surface area contributed by atoms with Crippen LogP contribution in [0.25, 0.3) is 22.5 Å². The lowest BCUT2D eigenvalue weighted by molar-refractivity contribution is -0.118. The second-order valence-corrected chi connectivity index (χ2v) is 9.26. The van der Waals surface area contributed by atoms with Crippen LogP contribution in [0.2, 0.25) is 0 Å². The van der Waals surface area contributed by atoms with Crippen molar-refractivity contribution in [2.24, 2.45) is 5.10 Å². The molecule has 0 aliphatic heterocycles. The summed E-state index contributed by atoms with van der Waals surface area (Å²) in [6.07, 6.45) is 5.25. The number of nitrogens with zero attached hydrogens (tertiary/aromatic N) is 4. The minimum atomic E-state index is -0.225. The number of aromatic nitrogens is 3. The van der Waals surface area contributed by atoms with Crippen LogP contribution < -0.4 is 10.7 Å². The number of thioether (sulfide) groups is 1. The van der Waals surface area contributed by atoms with Gasteiger partial charge in [-0.25, -0.2) is 5.43 Å². The summed E-state index contributed by atoms with van der Waals surface area (Å²) < 4.78 is 1.97. The largest absolute Gasteiger partial charge is 0.377 e. The summed E-state index contributed by atoms with van der Waals surface area (Å²) in [5.41, 5.74) is 5.58. The van der Waals surface area contributed by atoms with Gasteiger partial charge in [-0.15, -0.1) is 10.2 Å². The molecule has 4 aromatic carbocycles. The monoisotopic (exact) mass is 518 g/mol. The Hall–Kier alpha value is -4.69. The van der Waals surface area contributed by atoms with Gasteiger partial charge in [0.05, 0.1) is 12.3 Å². The van der Waals surface area contributed by atoms with E-state index in [0.29, 0.717) is 11.7 Å². The van der Waals surface area contributed by atoms with Gasteiger partial charge in [-0.05, 0) is 35.2 Å². The molecule has 0 aliphatic carbocycles. The van der Waals surface area contributed by atoms with E-state index in [0.717, 1.165) is 28.1 Å². The summed E-state index contributed by atoms with van der Waals surface area (Å²) in [6, 6.07) is 34.2. The van der Waals surface area contributed by atoms with Gasteiger partial charge in [-0.3, -0.25) is 9.36 Å². The molecule has 0 unspecified atom stereocenters. The number of fused-ring (bicyclic) bond motifs is 1. The molecule has 5 rings (SSSR count). The number of hydrogen-bond acceptors (Lipinski definition) is 6. The van der Waals surface area contributed by atoms with E-state index in [1.165, 1.54) is 17.1 Å². The first-order chi connectivity index (χ1) is 18.8. The fraction of sp³-hybridized carbons (Fsp3) is 0.0667. The van der Waals surface area contributed by atoms with Gasteiger partial charge in [0.15, 0.2) is 11.0 Å². The van der Waals surface area contributed by atoms with E-state index in [1.807, 2.05) is 89.5 Å². The third kappa shape index (κ3) is 6.35. The van der Waals surface area contributed by atoms with Crippen molar-refractivity contribution in [2.45, 2.75) is 11.7 Å². The second-order valence-electron chi connectivity index (χ2n) is 8.32. The number of hydrazone groups is 1. The molecule has 0 aliphatic rings. The molecule has 38 heavy (non-hydrogen) atoms. The van der Waals surface area contributed by atoms with Crippen molar-refractivity contribution in [3.63, 3.8) is 0 Å². The first-order valence-electron chi connectivity index (χ1n) is 12.2. The van der Waals surface area contributed by atoms with Gasteiger partial charge in [-0.2, -0.15) is 5.10 Å². The van der Waals surface area contributed by atoms with E-state index in [1.54, 1.807) is 12.3 Å². The average Bonchev–Trinajstić information content (AvgIpc) is 3.38. The van der Waals surface area contributed by atoms with E-state index < -0.39 is 0 Å². The Balaban J connectivity index is 1.25. The molecule has 0 spiro atoms. The van der Waals surface area contributed by atoms with Crippen molar-refractivity contribution in [1.29, 1.82) is 0 Å². The van der Waals surface area contributed by atoms with Crippen LogP contribution in [0, 0.1) is 0 Å². The average molecular weight is 519 g/mol. The molecule has 8 heteroatoms. The third-order valence-electron chi connectivity index (χ3n) is 5.71. The molecule has 5 aromatic rings. The second kappa shape index (κ2) is 12.5. The highest BCUT2D eigenvalue weighted by atomic mass is 32.2. The maximum absolute atomic E-state index is 12.4. The topological polar surface area (TPSA) is 84.2 Å². The Morgan fingerprint density at radius 1 is 0.868 bits per heavy atom. The van der Waals surface area contributed by atoms with Crippen LogP contribution in [0.4, 0.5) is 5.69 Å². The van der Waals surface area contributed by atoms with Crippen LogP contribution >= 0.6 is 11.8 Å². The molecular weight excluding hydrogens is 492 g/mol. The minimum Gasteiger partial charge on any atom is -0.377 e. The Kier molecular flexibility index (Phi) is 8.23. The summed E-state index contributed by atoms with van der Waals surface area (Å²) in [5, 5.41) is 19.3. The number of para-hydroxylation sites is 1. The van der Waals surface area contributed by atoms with Crippen molar-refractivity contribution in [3.05, 3.63) is 121 Å². The number of benzene rings is 4. The number of allylic oxidation sites excluding steroid dienone is 1. The van der Waals surface area contributed by atoms with Gasteiger partial charge in [0.25, 0.3) is 5.91 Å². The Labute approximate surface area is 225 Å². The molecule has 188 valence electrons. The number of rotatable bonds is 10. The number of hydrogen-bond donors (Lipinski definition) is 2. The number of amides is 1. The zero-order chi connectivity index (χ0) is 26.0. The summed E-state index contributed by atoms with van der Waals surface area (Å²) in [5.74, 6) is 0.676. The highest BCUT2D eigenvalue weighted by Gasteiger charge is 2.16. The molecule has 2 N–H and O–H groups in total. The van der Waals surface area contributed by atoms with Crippen LogP contribution in [0.3, 0.4) is 0 Å². The Morgan fingerprint density at radius 3 is 2.45 bits per heavy atom. The summed E-state index contributed by atoms with van der Waals surface area (Å²) >= 11 is 1.31. The van der Waals surface area contributed by atoms with Gasteiger partial charge in [-0.1, -0.05) is 103 Å². The van der Waals surface area contributed by atoms with Gasteiger partial charge in [0.1, 0.15) is 0 Å². The van der Waals surface area contributed by atoms with E-state index >= 15 is 0 Å². The lowest BCUT2D eigenvalue weighted by Gasteiger charge is -2.12. The standard InChI is InChI=1S/C30H26N6OS/c37-29(34-32-20-10-13-23-11-3-1-4-12-23)22-38-30-35-33-28(36(30)25-16-5-2-6-17-25)21-31-27-19-9-15-24-14-7-8-18-26(24)27/h1-20,31H,21-22H2,(H,34,37)/b13-10+,32-20+. The Morgan fingerprint density at radius 2 is 1.61 bits per heavy atom. The first kappa shape index (κ1) is 25.0. The van der Waals surface area contributed by atoms with Crippen LogP contribution in [0.5, 0.6) is 0 Å². The smallest absolute Gasteiger partial charge is 0.250 e. The summed E-state index contributed by atoms with van der Waals surface area (Å²) in [7, 11) is 0. The molecule has 1 amide bonds. The Bertz CT molecular complexity index is 1560. The molecule has 0 bridgehead atoms. The predicted octanol–water partition coefficient (Wildman–Crippen LogP) is 5.94. The maximum atomic E-state index is 12.4. The molecular formula is C30H26N6OS. The molecule has 0 radical (unpaired) electrons. The van der Waals surface area contributed by atoms with Crippen molar-refractivity contribution in [2.75, 3.05) is 11.1 Å². The molecule has 0 atom stereocenters. The lowest BCUT2D eigenvalue weighted by Crippen LogP contribution is -2.19. The fourth-order valence-electron chi connectivity index (χ4n) is 3.93. The van der Waals surface area contributed by atoms with Crippen LogP contribution in [0.15, 0.2) is 119 Å². The first-order valence-corrected chi connectivity index (χ1v) is 13.1. The van der Waals surface area contributed by atoms with Crippen molar-refractivity contribution in [3.8, 4) is 5.69 Å². The van der Waals surface area contributed by atoms with Crippen molar-refractivity contribution < 1.29 is 4.79 Å². The maximum Gasteiger partial charge on any atom is 0.250 e. The van der Waals surface area contributed by atoms with Gasteiger partial charge in [0, 0.05) is 23.0 Å². The minimum absolute atomic E-state index is 0.154. The zero-order valence-corrected chi connectivity index (χ0v) is 21.4.